The number of nitrogens with zero attached hydrogens (tertiary/aromatic N) is 1. The fraction of sp³-hybridized carbons (Fsp3) is 0.188. The number of anilines is 1. The molecular formula is C16H18FN2O3P. The van der Waals surface area contributed by atoms with Gasteiger partial charge in [-0.15, -0.1) is 0 Å². The van der Waals surface area contributed by atoms with Crippen molar-refractivity contribution in [3.8, 4) is 0 Å². The van der Waals surface area contributed by atoms with Gasteiger partial charge in [-0.3, -0.25) is 9.56 Å². The van der Waals surface area contributed by atoms with Crippen molar-refractivity contribution in [1.29, 1.82) is 0 Å². The summed E-state index contributed by atoms with van der Waals surface area (Å²) < 4.78 is 35.6. The average molecular weight is 336 g/mol. The molecule has 0 spiro atoms. The lowest BCUT2D eigenvalue weighted by Gasteiger charge is -2.17. The Bertz CT molecular complexity index is 697. The third-order valence-electron chi connectivity index (χ3n) is 3.09. The Morgan fingerprint density at radius 2 is 1.70 bits per heavy atom. The minimum Gasteiger partial charge on any atom is -0.334 e. The van der Waals surface area contributed by atoms with Crippen molar-refractivity contribution >= 4 is 18.9 Å². The average Bonchev–Trinajstić information content (AvgIpc) is 2.60. The predicted octanol–water partition coefficient (Wildman–Crippen LogP) is 4.28. The molecule has 5 nitrogen and oxygen atoms in total. The molecule has 0 fully saturated rings. The van der Waals surface area contributed by atoms with Gasteiger partial charge >= 0.3 is 7.60 Å². The maximum atomic E-state index is 13.0. The number of hydrogen-bond donors (Lipinski definition) is 1. The third-order valence-corrected chi connectivity index (χ3v) is 4.83. The largest absolute Gasteiger partial charge is 0.395 e. The normalized spacial score (nSPS) is 12.2. The molecule has 0 aliphatic rings. The van der Waals surface area contributed by atoms with Crippen LogP contribution in [0.5, 0.6) is 0 Å². The van der Waals surface area contributed by atoms with Gasteiger partial charge in [0.25, 0.3) is 0 Å². The molecule has 0 heterocycles. The molecule has 1 N–H and O–H groups in total. The Hall–Kier alpha value is -2.01. The molecule has 0 radical (unpaired) electrons. The van der Waals surface area contributed by atoms with Crippen LogP contribution in [-0.4, -0.2) is 19.8 Å². The van der Waals surface area contributed by atoms with Gasteiger partial charge in [-0.1, -0.05) is 30.3 Å². The first-order valence-corrected chi connectivity index (χ1v) is 8.44. The zero-order chi connectivity index (χ0) is 16.7. The highest BCUT2D eigenvalue weighted by Gasteiger charge is 2.30. The smallest absolute Gasteiger partial charge is 0.334 e. The van der Waals surface area contributed by atoms with Crippen LogP contribution < -0.4 is 5.32 Å². The van der Waals surface area contributed by atoms with Gasteiger partial charge in [0.15, 0.2) is 0 Å². The highest BCUT2D eigenvalue weighted by Crippen LogP contribution is 2.48. The highest BCUT2D eigenvalue weighted by atomic mass is 31.2. The first-order chi connectivity index (χ1) is 11.1. The second kappa shape index (κ2) is 8.02. The number of rotatable bonds is 6. The summed E-state index contributed by atoms with van der Waals surface area (Å²) >= 11 is 0. The molecule has 0 aliphatic carbocycles. The monoisotopic (exact) mass is 336 g/mol. The molecule has 2 aromatic rings. The van der Waals surface area contributed by atoms with Gasteiger partial charge in [0.2, 0.25) is 5.58 Å². The van der Waals surface area contributed by atoms with E-state index < -0.39 is 7.60 Å². The summed E-state index contributed by atoms with van der Waals surface area (Å²) in [6.07, 6.45) is 0. The van der Waals surface area contributed by atoms with Crippen LogP contribution in [0.3, 0.4) is 0 Å². The molecule has 23 heavy (non-hydrogen) atoms. The second-order valence-electron chi connectivity index (χ2n) is 4.62. The summed E-state index contributed by atoms with van der Waals surface area (Å²) in [5.41, 5.74) is 1.55. The van der Waals surface area contributed by atoms with E-state index in [1.54, 1.807) is 0 Å². The maximum Gasteiger partial charge on any atom is 0.395 e. The van der Waals surface area contributed by atoms with E-state index in [1.807, 2.05) is 30.3 Å². The molecule has 0 aromatic heterocycles. The highest BCUT2D eigenvalue weighted by molar-refractivity contribution is 7.72. The van der Waals surface area contributed by atoms with Crippen molar-refractivity contribution in [3.05, 3.63) is 66.0 Å². The Morgan fingerprint density at radius 3 is 2.26 bits per heavy atom. The Kier molecular flexibility index (Phi) is 6.04. The molecule has 0 saturated carbocycles. The minimum absolute atomic E-state index is 0.0676. The molecule has 2 rings (SSSR count). The molecule has 0 bridgehead atoms. The van der Waals surface area contributed by atoms with E-state index in [2.05, 4.69) is 10.3 Å². The van der Waals surface area contributed by atoms with Gasteiger partial charge in [-0.2, -0.15) is 0 Å². The lowest BCUT2D eigenvalue weighted by atomic mass is 10.2. The van der Waals surface area contributed by atoms with Gasteiger partial charge in [-0.05, 0) is 29.8 Å². The molecule has 7 heteroatoms. The SMILES string of the molecule is COP(=O)(OC)C(=NCc1ccccc1)Nc1ccc(F)cc1. The summed E-state index contributed by atoms with van der Waals surface area (Å²) in [5.74, 6) is -0.361. The number of aliphatic imine (C=N–C) groups is 1. The van der Waals surface area contributed by atoms with E-state index in [1.165, 1.54) is 38.5 Å². The van der Waals surface area contributed by atoms with Gasteiger partial charge in [0.1, 0.15) is 5.82 Å². The van der Waals surface area contributed by atoms with Gasteiger partial charge in [0, 0.05) is 19.9 Å². The van der Waals surface area contributed by atoms with Crippen LogP contribution in [-0.2, 0) is 20.2 Å². The fourth-order valence-corrected chi connectivity index (χ4v) is 2.86. The van der Waals surface area contributed by atoms with Gasteiger partial charge < -0.3 is 14.4 Å². The topological polar surface area (TPSA) is 59.9 Å². The fourth-order valence-electron chi connectivity index (χ4n) is 1.85. The molecular weight excluding hydrogens is 318 g/mol. The summed E-state index contributed by atoms with van der Waals surface area (Å²) in [6, 6.07) is 15.1. The van der Waals surface area contributed by atoms with Crippen molar-refractivity contribution in [2.45, 2.75) is 6.54 Å². The van der Waals surface area contributed by atoms with Gasteiger partial charge in [-0.25, -0.2) is 4.39 Å². The Labute approximate surface area is 134 Å². The molecule has 0 aliphatic heterocycles. The molecule has 0 amide bonds. The number of benzene rings is 2. The summed E-state index contributed by atoms with van der Waals surface area (Å²) in [5, 5.41) is 2.89. The van der Waals surface area contributed by atoms with Crippen LogP contribution in [0, 0.1) is 5.82 Å². The molecule has 122 valence electrons. The maximum absolute atomic E-state index is 13.0. The lowest BCUT2D eigenvalue weighted by Crippen LogP contribution is -2.15. The summed E-state index contributed by atoms with van der Waals surface area (Å²) in [4.78, 5) is 4.32. The zero-order valence-corrected chi connectivity index (χ0v) is 13.8. The summed E-state index contributed by atoms with van der Waals surface area (Å²) in [6.45, 7) is 0.307. The number of nitrogens with one attached hydrogen (secondary N) is 1. The van der Waals surface area contributed by atoms with Crippen molar-refractivity contribution in [2.75, 3.05) is 19.5 Å². The van der Waals surface area contributed by atoms with E-state index in [9.17, 15) is 8.96 Å². The van der Waals surface area contributed by atoms with E-state index in [0.29, 0.717) is 12.2 Å². The van der Waals surface area contributed by atoms with E-state index >= 15 is 0 Å². The van der Waals surface area contributed by atoms with Crippen LogP contribution in [0.2, 0.25) is 0 Å². The van der Waals surface area contributed by atoms with E-state index in [-0.39, 0.29) is 11.4 Å². The van der Waals surface area contributed by atoms with Crippen molar-refractivity contribution < 1.29 is 18.0 Å². The Morgan fingerprint density at radius 1 is 1.09 bits per heavy atom. The first-order valence-electron chi connectivity index (χ1n) is 6.90. The van der Waals surface area contributed by atoms with Crippen molar-refractivity contribution in [1.82, 2.24) is 0 Å². The van der Waals surface area contributed by atoms with Crippen LogP contribution in [0.25, 0.3) is 0 Å². The predicted molar refractivity (Wildman–Crippen MR) is 89.2 cm³/mol. The molecule has 2 aromatic carbocycles. The van der Waals surface area contributed by atoms with Gasteiger partial charge in [0.05, 0.1) is 6.54 Å². The number of halogens is 1. The number of amidine groups is 1. The standard InChI is InChI=1S/C16H18FN2O3P/c1-21-23(20,22-2)16(18-12-13-6-4-3-5-7-13)19-15-10-8-14(17)9-11-15/h3-11H,12H2,1-2H3,(H,18,19). The molecule has 0 saturated heterocycles. The van der Waals surface area contributed by atoms with Crippen LogP contribution in [0.1, 0.15) is 5.56 Å². The quantitative estimate of drug-likeness (QED) is 0.486. The zero-order valence-electron chi connectivity index (χ0n) is 12.9. The van der Waals surface area contributed by atoms with Crippen molar-refractivity contribution in [3.63, 3.8) is 0 Å². The Balaban J connectivity index is 2.27. The van der Waals surface area contributed by atoms with Crippen molar-refractivity contribution in [2.24, 2.45) is 4.99 Å². The van der Waals surface area contributed by atoms with E-state index in [4.69, 9.17) is 9.05 Å². The third kappa shape index (κ3) is 4.73. The lowest BCUT2D eigenvalue weighted by molar-refractivity contribution is 0.290. The van der Waals surface area contributed by atoms with Crippen LogP contribution in [0.15, 0.2) is 59.6 Å². The second-order valence-corrected chi connectivity index (χ2v) is 6.77. The molecule has 0 unspecified atom stereocenters. The first kappa shape index (κ1) is 17.3. The summed E-state index contributed by atoms with van der Waals surface area (Å²) in [7, 11) is -0.988. The minimum atomic E-state index is -3.56. The van der Waals surface area contributed by atoms with Crippen LogP contribution >= 0.6 is 7.60 Å². The van der Waals surface area contributed by atoms with E-state index in [0.717, 1.165) is 5.56 Å². The molecule has 0 atom stereocenters. The van der Waals surface area contributed by atoms with Crippen LogP contribution in [0.4, 0.5) is 10.1 Å². The number of hydrogen-bond acceptors (Lipinski definition) is 4.